The van der Waals surface area contributed by atoms with E-state index < -0.39 is 23.7 Å². The molecule has 0 radical (unpaired) electrons. The van der Waals surface area contributed by atoms with Crippen molar-refractivity contribution in [3.05, 3.63) is 41.7 Å². The van der Waals surface area contributed by atoms with Crippen molar-refractivity contribution in [2.45, 2.75) is 19.4 Å². The molecule has 1 aromatic carbocycles. The summed E-state index contributed by atoms with van der Waals surface area (Å²) >= 11 is 0. The van der Waals surface area contributed by atoms with Crippen LogP contribution in [0.3, 0.4) is 0 Å². The van der Waals surface area contributed by atoms with E-state index in [1.165, 1.54) is 19.2 Å². The molecule has 1 rings (SSSR count). The Hall–Kier alpha value is -2.37. The number of aliphatic carboxylic acids is 1. The number of hydrogen-bond donors (Lipinski definition) is 2. The third-order valence-electron chi connectivity index (χ3n) is 2.63. The lowest BCUT2D eigenvalue weighted by molar-refractivity contribution is -0.139. The summed E-state index contributed by atoms with van der Waals surface area (Å²) in [4.78, 5) is 23.0. The lowest BCUT2D eigenvalue weighted by Crippen LogP contribution is -2.40. The first-order valence-electron chi connectivity index (χ1n) is 5.98. The molecule has 5 nitrogen and oxygen atoms in total. The summed E-state index contributed by atoms with van der Waals surface area (Å²) in [5.74, 6) is -2.72. The monoisotopic (exact) mass is 281 g/mol. The molecule has 0 saturated heterocycles. The molecule has 2 N–H and O–H groups in total. The van der Waals surface area contributed by atoms with Gasteiger partial charge in [0.15, 0.2) is 0 Å². The normalized spacial score (nSPS) is 12.2. The smallest absolute Gasteiger partial charge is 0.326 e. The Labute approximate surface area is 116 Å². The van der Waals surface area contributed by atoms with Crippen molar-refractivity contribution in [2.75, 3.05) is 7.11 Å². The Bertz CT molecular complexity index is 528. The molecule has 0 aliphatic carbocycles. The zero-order valence-electron chi connectivity index (χ0n) is 11.2. The van der Waals surface area contributed by atoms with Gasteiger partial charge in [0.25, 0.3) is 5.91 Å². The van der Waals surface area contributed by atoms with E-state index in [1.54, 1.807) is 19.1 Å². The Morgan fingerprint density at radius 1 is 1.50 bits per heavy atom. The van der Waals surface area contributed by atoms with Gasteiger partial charge >= 0.3 is 5.97 Å². The number of rotatable bonds is 6. The second kappa shape index (κ2) is 7.28. The second-order valence-electron chi connectivity index (χ2n) is 3.99. The summed E-state index contributed by atoms with van der Waals surface area (Å²) < 4.78 is 18.6. The Kier molecular flexibility index (Phi) is 5.71. The number of hydrogen-bond acceptors (Lipinski definition) is 3. The van der Waals surface area contributed by atoms with Gasteiger partial charge in [-0.25, -0.2) is 9.18 Å². The molecule has 0 aromatic heterocycles. The number of nitrogens with one attached hydrogen (secondary N) is 1. The number of carbonyl (C=O) groups excluding carboxylic acids is 1. The van der Waals surface area contributed by atoms with Crippen LogP contribution in [-0.2, 0) is 4.79 Å². The quantitative estimate of drug-likeness (QED) is 0.782. The average Bonchev–Trinajstić information content (AvgIpc) is 2.42. The number of carboxylic acid groups (broad SMARTS) is 1. The van der Waals surface area contributed by atoms with E-state index >= 15 is 0 Å². The predicted molar refractivity (Wildman–Crippen MR) is 71.3 cm³/mol. The van der Waals surface area contributed by atoms with Crippen molar-refractivity contribution < 1.29 is 23.8 Å². The highest BCUT2D eigenvalue weighted by Gasteiger charge is 2.23. The highest BCUT2D eigenvalue weighted by Crippen LogP contribution is 2.21. The first-order valence-corrected chi connectivity index (χ1v) is 5.98. The number of allylic oxidation sites excluding steroid dienone is 1. The molecule has 0 aliphatic rings. The van der Waals surface area contributed by atoms with E-state index in [0.29, 0.717) is 0 Å². The van der Waals surface area contributed by atoms with Crippen molar-refractivity contribution >= 4 is 11.9 Å². The topological polar surface area (TPSA) is 75.6 Å². The zero-order chi connectivity index (χ0) is 15.1. The van der Waals surface area contributed by atoms with Crippen molar-refractivity contribution in [2.24, 2.45) is 0 Å². The minimum Gasteiger partial charge on any atom is -0.496 e. The van der Waals surface area contributed by atoms with E-state index in [-0.39, 0.29) is 17.7 Å². The van der Waals surface area contributed by atoms with Gasteiger partial charge in [-0.1, -0.05) is 18.2 Å². The molecular formula is C14H16FNO4. The SMILES string of the molecule is C/C=C/CC(NC(=O)c1c(F)cccc1OC)C(=O)O. The lowest BCUT2D eigenvalue weighted by atomic mass is 10.1. The van der Waals surface area contributed by atoms with Crippen molar-refractivity contribution in [1.82, 2.24) is 5.32 Å². The van der Waals surface area contributed by atoms with Gasteiger partial charge in [0.05, 0.1) is 7.11 Å². The van der Waals surface area contributed by atoms with E-state index in [0.717, 1.165) is 6.07 Å². The van der Waals surface area contributed by atoms with Crippen LogP contribution in [-0.4, -0.2) is 30.1 Å². The molecule has 0 bridgehead atoms. The maximum Gasteiger partial charge on any atom is 0.326 e. The predicted octanol–water partition coefficient (Wildman–Crippen LogP) is 1.98. The second-order valence-corrected chi connectivity index (χ2v) is 3.99. The minimum atomic E-state index is -1.19. The fraction of sp³-hybridized carbons (Fsp3) is 0.286. The van der Waals surface area contributed by atoms with Crippen molar-refractivity contribution in [1.29, 1.82) is 0 Å². The number of carbonyl (C=O) groups is 2. The molecule has 20 heavy (non-hydrogen) atoms. The third-order valence-corrected chi connectivity index (χ3v) is 2.63. The molecule has 1 atom stereocenters. The number of halogens is 1. The van der Waals surface area contributed by atoms with Gasteiger partial charge in [0.1, 0.15) is 23.2 Å². The van der Waals surface area contributed by atoms with E-state index in [4.69, 9.17) is 9.84 Å². The summed E-state index contributed by atoms with van der Waals surface area (Å²) in [7, 11) is 1.31. The van der Waals surface area contributed by atoms with Crippen LogP contribution in [0.5, 0.6) is 5.75 Å². The van der Waals surface area contributed by atoms with E-state index in [9.17, 15) is 14.0 Å². The van der Waals surface area contributed by atoms with Crippen LogP contribution in [0, 0.1) is 5.82 Å². The fourth-order valence-electron chi connectivity index (χ4n) is 1.62. The standard InChI is InChI=1S/C14H16FNO4/c1-3-4-7-10(14(18)19)16-13(17)12-9(15)6-5-8-11(12)20-2/h3-6,8,10H,7H2,1-2H3,(H,16,17)(H,18,19)/b4-3+. The van der Waals surface area contributed by atoms with Crippen LogP contribution < -0.4 is 10.1 Å². The maximum absolute atomic E-state index is 13.7. The molecule has 108 valence electrons. The van der Waals surface area contributed by atoms with Gasteiger partial charge in [-0.3, -0.25) is 4.79 Å². The van der Waals surface area contributed by atoms with Crippen molar-refractivity contribution in [3.63, 3.8) is 0 Å². The minimum absolute atomic E-state index is 0.0534. The van der Waals surface area contributed by atoms with Crippen LogP contribution in [0.4, 0.5) is 4.39 Å². The third kappa shape index (κ3) is 3.81. The van der Waals surface area contributed by atoms with Crippen LogP contribution in [0.1, 0.15) is 23.7 Å². The van der Waals surface area contributed by atoms with Gasteiger partial charge in [0, 0.05) is 0 Å². The van der Waals surface area contributed by atoms with Gasteiger partial charge in [-0.2, -0.15) is 0 Å². The van der Waals surface area contributed by atoms with Gasteiger partial charge in [-0.05, 0) is 25.5 Å². The molecule has 0 saturated carbocycles. The average molecular weight is 281 g/mol. The lowest BCUT2D eigenvalue weighted by Gasteiger charge is -2.14. The molecule has 1 unspecified atom stereocenters. The number of methoxy groups -OCH3 is 1. The Balaban J connectivity index is 2.97. The van der Waals surface area contributed by atoms with Crippen LogP contribution in [0.25, 0.3) is 0 Å². The molecule has 0 aliphatic heterocycles. The first kappa shape index (κ1) is 15.7. The summed E-state index contributed by atoms with van der Waals surface area (Å²) in [6.07, 6.45) is 3.40. The van der Waals surface area contributed by atoms with Crippen molar-refractivity contribution in [3.8, 4) is 5.75 Å². The van der Waals surface area contributed by atoms with Gasteiger partial charge in [-0.15, -0.1) is 0 Å². The highest BCUT2D eigenvalue weighted by atomic mass is 19.1. The van der Waals surface area contributed by atoms with E-state index in [1.807, 2.05) is 0 Å². The maximum atomic E-state index is 13.7. The number of carboxylic acids is 1. The molecular weight excluding hydrogens is 265 g/mol. The van der Waals surface area contributed by atoms with Crippen LogP contribution in [0.2, 0.25) is 0 Å². The number of ether oxygens (including phenoxy) is 1. The Morgan fingerprint density at radius 3 is 2.75 bits per heavy atom. The molecule has 1 aromatic rings. The summed E-state index contributed by atoms with van der Waals surface area (Å²) in [6.45, 7) is 1.74. The molecule has 6 heteroatoms. The number of benzene rings is 1. The molecule has 0 heterocycles. The molecule has 0 spiro atoms. The summed E-state index contributed by atoms with van der Waals surface area (Å²) in [6, 6.07) is 2.82. The highest BCUT2D eigenvalue weighted by molar-refractivity contribution is 5.99. The van der Waals surface area contributed by atoms with Gasteiger partial charge < -0.3 is 15.2 Å². The Morgan fingerprint density at radius 2 is 2.20 bits per heavy atom. The number of amides is 1. The first-order chi connectivity index (χ1) is 9.51. The largest absolute Gasteiger partial charge is 0.496 e. The molecule has 0 fully saturated rings. The van der Waals surface area contributed by atoms with Crippen LogP contribution in [0.15, 0.2) is 30.4 Å². The fourth-order valence-corrected chi connectivity index (χ4v) is 1.62. The van der Waals surface area contributed by atoms with Gasteiger partial charge in [0.2, 0.25) is 0 Å². The zero-order valence-corrected chi connectivity index (χ0v) is 11.2. The summed E-state index contributed by atoms with van der Waals surface area (Å²) in [5.41, 5.74) is -0.304. The van der Waals surface area contributed by atoms with E-state index in [2.05, 4.69) is 5.32 Å². The van der Waals surface area contributed by atoms with Crippen LogP contribution >= 0.6 is 0 Å². The summed E-state index contributed by atoms with van der Waals surface area (Å²) in [5, 5.41) is 11.3. The molecule has 1 amide bonds.